The number of fused-ring (bicyclic) bond motifs is 1. The molecule has 2 N–H and O–H groups in total. The Morgan fingerprint density at radius 1 is 1.05 bits per heavy atom. The largest absolute Gasteiger partial charge is 0.330 e. The summed E-state index contributed by atoms with van der Waals surface area (Å²) in [7, 11) is 1.74. The molecule has 0 saturated heterocycles. The quantitative estimate of drug-likeness (QED) is 0.405. The predicted molar refractivity (Wildman–Crippen MR) is 139 cm³/mol. The van der Waals surface area contributed by atoms with Crippen LogP contribution in [0.4, 0.5) is 11.4 Å². The van der Waals surface area contributed by atoms with E-state index in [0.29, 0.717) is 33.5 Å². The molecule has 37 heavy (non-hydrogen) atoms. The van der Waals surface area contributed by atoms with E-state index >= 15 is 0 Å². The monoisotopic (exact) mass is 514 g/mol. The Bertz CT molecular complexity index is 1470. The molecule has 186 valence electrons. The van der Waals surface area contributed by atoms with Crippen LogP contribution in [0.5, 0.6) is 0 Å². The van der Waals surface area contributed by atoms with Gasteiger partial charge in [0.15, 0.2) is 5.82 Å². The molecule has 2 aromatic heterocycles. The molecule has 3 amide bonds. The molecule has 0 saturated carbocycles. The molecule has 2 aromatic carbocycles. The number of hydrogen-bond donors (Lipinski definition) is 2. The zero-order chi connectivity index (χ0) is 25.9. The number of aromatic nitrogens is 3. The average Bonchev–Trinajstić information content (AvgIpc) is 3.30. The molecule has 5 rings (SSSR count). The van der Waals surface area contributed by atoms with E-state index in [1.807, 2.05) is 24.3 Å². The molecular weight excluding hydrogens is 492 g/mol. The van der Waals surface area contributed by atoms with Gasteiger partial charge in [-0.05, 0) is 48.0 Å². The number of anilines is 2. The Morgan fingerprint density at radius 2 is 1.86 bits per heavy atom. The number of amides is 3. The smallest absolute Gasteiger partial charge is 0.291 e. The van der Waals surface area contributed by atoms with Crippen LogP contribution in [0.15, 0.2) is 79.3 Å². The van der Waals surface area contributed by atoms with Crippen molar-refractivity contribution >= 4 is 40.7 Å². The molecule has 0 spiro atoms. The molecule has 3 heterocycles. The fraction of sp³-hybridized carbons (Fsp3) is 0.148. The van der Waals surface area contributed by atoms with Gasteiger partial charge in [-0.2, -0.15) is 0 Å². The van der Waals surface area contributed by atoms with Crippen LogP contribution in [-0.4, -0.2) is 43.2 Å². The van der Waals surface area contributed by atoms with Gasteiger partial charge in [0.2, 0.25) is 5.91 Å². The summed E-state index contributed by atoms with van der Waals surface area (Å²) in [4.78, 5) is 49.4. The van der Waals surface area contributed by atoms with Crippen molar-refractivity contribution in [1.29, 1.82) is 0 Å². The summed E-state index contributed by atoms with van der Waals surface area (Å²) in [6.07, 6.45) is 5.15. The summed E-state index contributed by atoms with van der Waals surface area (Å²) < 4.78 is 1.63. The van der Waals surface area contributed by atoms with Gasteiger partial charge in [-0.1, -0.05) is 29.8 Å². The maximum atomic E-state index is 13.7. The van der Waals surface area contributed by atoms with Crippen molar-refractivity contribution in [2.75, 3.05) is 10.6 Å². The van der Waals surface area contributed by atoms with Crippen LogP contribution in [0.2, 0.25) is 5.02 Å². The van der Waals surface area contributed by atoms with E-state index in [9.17, 15) is 14.4 Å². The summed E-state index contributed by atoms with van der Waals surface area (Å²) >= 11 is 6.13. The van der Waals surface area contributed by atoms with E-state index in [-0.39, 0.29) is 30.7 Å². The first-order chi connectivity index (χ1) is 17.9. The van der Waals surface area contributed by atoms with Crippen molar-refractivity contribution in [3.63, 3.8) is 0 Å². The lowest BCUT2D eigenvalue weighted by Crippen LogP contribution is -2.46. The van der Waals surface area contributed by atoms with Gasteiger partial charge in [0.05, 0.1) is 11.3 Å². The van der Waals surface area contributed by atoms with Gasteiger partial charge in [0.1, 0.15) is 6.04 Å². The number of rotatable bonds is 6. The molecule has 1 aliphatic rings. The zero-order valence-corrected chi connectivity index (χ0v) is 20.6. The standard InChI is InChI=1S/C27H23ClN6O3/c1-33-13-12-30-24(33)26(36)31-19-8-5-17(6-9-19)16-34-23(15-20-4-2-3-11-29-20)25(35)32-22-14-18(28)7-10-21(22)27(34)37/h2-14,23H,15-16H2,1H3,(H,31,36)(H,32,35). The number of aryl methyl sites for hydroxylation is 1. The number of halogens is 1. The minimum absolute atomic E-state index is 0.180. The van der Waals surface area contributed by atoms with E-state index in [1.165, 1.54) is 0 Å². The Kier molecular flexibility index (Phi) is 6.70. The molecule has 1 unspecified atom stereocenters. The van der Waals surface area contributed by atoms with Gasteiger partial charge in [0.25, 0.3) is 11.8 Å². The van der Waals surface area contributed by atoms with Gasteiger partial charge in [0, 0.05) is 55.0 Å². The number of hydrogen-bond acceptors (Lipinski definition) is 5. The molecule has 10 heteroatoms. The first kappa shape index (κ1) is 24.2. The molecule has 0 bridgehead atoms. The first-order valence-corrected chi connectivity index (χ1v) is 12.0. The van der Waals surface area contributed by atoms with Crippen LogP contribution in [0, 0.1) is 0 Å². The van der Waals surface area contributed by atoms with E-state index in [4.69, 9.17) is 11.6 Å². The fourth-order valence-electron chi connectivity index (χ4n) is 4.22. The zero-order valence-electron chi connectivity index (χ0n) is 19.9. The van der Waals surface area contributed by atoms with Gasteiger partial charge in [-0.3, -0.25) is 19.4 Å². The highest BCUT2D eigenvalue weighted by atomic mass is 35.5. The molecule has 9 nitrogen and oxygen atoms in total. The maximum Gasteiger partial charge on any atom is 0.291 e. The third-order valence-electron chi connectivity index (χ3n) is 6.13. The number of carbonyl (C=O) groups excluding carboxylic acids is 3. The SMILES string of the molecule is Cn1ccnc1C(=O)Nc1ccc(CN2C(=O)c3ccc(Cl)cc3NC(=O)C2Cc2ccccn2)cc1. The molecule has 4 aromatic rings. The van der Waals surface area contributed by atoms with Crippen molar-refractivity contribution in [1.82, 2.24) is 19.4 Å². The maximum absolute atomic E-state index is 13.7. The number of imidazole rings is 1. The Balaban J connectivity index is 1.41. The van der Waals surface area contributed by atoms with Gasteiger partial charge < -0.3 is 20.1 Å². The third kappa shape index (κ3) is 5.22. The van der Waals surface area contributed by atoms with Crippen LogP contribution in [0.25, 0.3) is 0 Å². The second-order valence-corrected chi connectivity index (χ2v) is 9.10. The molecule has 1 aliphatic heterocycles. The summed E-state index contributed by atoms with van der Waals surface area (Å²) in [5, 5.41) is 6.09. The minimum Gasteiger partial charge on any atom is -0.330 e. The van der Waals surface area contributed by atoms with Crippen molar-refractivity contribution < 1.29 is 14.4 Å². The molecule has 0 radical (unpaired) electrons. The van der Waals surface area contributed by atoms with Crippen LogP contribution >= 0.6 is 11.6 Å². The van der Waals surface area contributed by atoms with Gasteiger partial charge in [-0.15, -0.1) is 0 Å². The Morgan fingerprint density at radius 3 is 2.57 bits per heavy atom. The topological polar surface area (TPSA) is 109 Å². The summed E-state index contributed by atoms with van der Waals surface area (Å²) in [6.45, 7) is 0.180. The number of nitrogens with zero attached hydrogens (tertiary/aromatic N) is 4. The number of nitrogens with one attached hydrogen (secondary N) is 2. The second kappa shape index (κ2) is 10.2. The van der Waals surface area contributed by atoms with Crippen molar-refractivity contribution in [2.24, 2.45) is 7.05 Å². The predicted octanol–water partition coefficient (Wildman–Crippen LogP) is 3.93. The number of benzene rings is 2. The average molecular weight is 515 g/mol. The van der Waals surface area contributed by atoms with E-state index in [1.54, 1.807) is 71.5 Å². The molecule has 0 fully saturated rings. The van der Waals surface area contributed by atoms with Crippen LogP contribution in [-0.2, 0) is 24.8 Å². The first-order valence-electron chi connectivity index (χ1n) is 11.6. The summed E-state index contributed by atoms with van der Waals surface area (Å²) in [5.41, 5.74) is 2.81. The van der Waals surface area contributed by atoms with Gasteiger partial charge >= 0.3 is 0 Å². The molecule has 1 atom stereocenters. The number of carbonyl (C=O) groups is 3. The normalized spacial score (nSPS) is 15.1. The highest BCUT2D eigenvalue weighted by Crippen LogP contribution is 2.29. The fourth-order valence-corrected chi connectivity index (χ4v) is 4.40. The third-order valence-corrected chi connectivity index (χ3v) is 6.36. The van der Waals surface area contributed by atoms with Gasteiger partial charge in [-0.25, -0.2) is 4.98 Å². The molecular formula is C27H23ClN6O3. The lowest BCUT2D eigenvalue weighted by atomic mass is 10.1. The lowest BCUT2D eigenvalue weighted by Gasteiger charge is -2.28. The second-order valence-electron chi connectivity index (χ2n) is 8.67. The Hall–Kier alpha value is -4.50. The van der Waals surface area contributed by atoms with Crippen molar-refractivity contribution in [2.45, 2.75) is 19.0 Å². The van der Waals surface area contributed by atoms with Crippen LogP contribution < -0.4 is 10.6 Å². The minimum atomic E-state index is -0.795. The van der Waals surface area contributed by atoms with Crippen LogP contribution in [0.1, 0.15) is 32.2 Å². The molecule has 0 aliphatic carbocycles. The highest BCUT2D eigenvalue weighted by molar-refractivity contribution is 6.31. The van der Waals surface area contributed by atoms with Crippen LogP contribution in [0.3, 0.4) is 0 Å². The Labute approximate surface area is 218 Å². The van der Waals surface area contributed by atoms with Crippen molar-refractivity contribution in [3.8, 4) is 0 Å². The van der Waals surface area contributed by atoms with E-state index in [0.717, 1.165) is 5.56 Å². The summed E-state index contributed by atoms with van der Waals surface area (Å²) in [5.74, 6) is -0.649. The number of pyridine rings is 1. The highest BCUT2D eigenvalue weighted by Gasteiger charge is 2.36. The van der Waals surface area contributed by atoms with E-state index < -0.39 is 6.04 Å². The lowest BCUT2D eigenvalue weighted by molar-refractivity contribution is -0.120. The van der Waals surface area contributed by atoms with E-state index in [2.05, 4.69) is 20.6 Å². The summed E-state index contributed by atoms with van der Waals surface area (Å²) in [6, 6.07) is 16.6. The van der Waals surface area contributed by atoms with Crippen molar-refractivity contribution in [3.05, 3.63) is 107 Å².